The second-order valence-electron chi connectivity index (χ2n) is 4.26. The number of nitriles is 1. The topological polar surface area (TPSA) is 87.8 Å². The van der Waals surface area contributed by atoms with Gasteiger partial charge in [-0.2, -0.15) is 10.4 Å². The second-order valence-corrected chi connectivity index (χ2v) is 6.03. The van der Waals surface area contributed by atoms with Crippen LogP contribution in [0.4, 0.5) is 0 Å². The van der Waals surface area contributed by atoms with Crippen LogP contribution in [0.15, 0.2) is 41.4 Å². The molecule has 0 saturated heterocycles. The number of sulfonamides is 1. The first-order valence-electron chi connectivity index (χ1n) is 5.99. The summed E-state index contributed by atoms with van der Waals surface area (Å²) in [5.74, 6) is 0. The molecule has 0 aliphatic heterocycles. The zero-order chi connectivity index (χ0) is 14.6. The van der Waals surface area contributed by atoms with Gasteiger partial charge in [-0.3, -0.25) is 4.68 Å². The Morgan fingerprint density at radius 2 is 2.00 bits per heavy atom. The van der Waals surface area contributed by atoms with Crippen LogP contribution in [0.5, 0.6) is 0 Å². The first-order chi connectivity index (χ1) is 9.51. The molecule has 0 aliphatic rings. The van der Waals surface area contributed by atoms with Crippen molar-refractivity contribution >= 4 is 10.0 Å². The van der Waals surface area contributed by atoms with Crippen molar-refractivity contribution in [1.29, 1.82) is 5.26 Å². The van der Waals surface area contributed by atoms with Crippen LogP contribution >= 0.6 is 0 Å². The lowest BCUT2D eigenvalue weighted by Gasteiger charge is -2.05. The van der Waals surface area contributed by atoms with Gasteiger partial charge >= 0.3 is 0 Å². The Kier molecular flexibility index (Phi) is 4.17. The van der Waals surface area contributed by atoms with Crippen molar-refractivity contribution < 1.29 is 8.42 Å². The predicted molar refractivity (Wildman–Crippen MR) is 73.3 cm³/mol. The summed E-state index contributed by atoms with van der Waals surface area (Å²) < 4.78 is 28.2. The normalized spacial score (nSPS) is 11.2. The summed E-state index contributed by atoms with van der Waals surface area (Å²) in [6.45, 7) is 0.277. The lowest BCUT2D eigenvalue weighted by atomic mass is 10.2. The number of nitrogens with zero attached hydrogens (tertiary/aromatic N) is 3. The molecule has 1 heterocycles. The largest absolute Gasteiger partial charge is 0.276 e. The van der Waals surface area contributed by atoms with Crippen LogP contribution in [0.2, 0.25) is 0 Å². The molecule has 2 rings (SSSR count). The van der Waals surface area contributed by atoms with Crippen molar-refractivity contribution in [3.63, 3.8) is 0 Å². The van der Waals surface area contributed by atoms with Gasteiger partial charge in [-0.05, 0) is 30.3 Å². The van der Waals surface area contributed by atoms with Gasteiger partial charge in [0.2, 0.25) is 10.0 Å². The van der Waals surface area contributed by atoms with E-state index in [0.29, 0.717) is 12.0 Å². The Bertz CT molecular complexity index is 726. The number of benzene rings is 1. The van der Waals surface area contributed by atoms with E-state index in [0.717, 1.165) is 5.69 Å². The first kappa shape index (κ1) is 14.2. The Morgan fingerprint density at radius 3 is 2.55 bits per heavy atom. The zero-order valence-electron chi connectivity index (χ0n) is 10.9. The molecule has 0 radical (unpaired) electrons. The lowest BCUT2D eigenvalue weighted by molar-refractivity contribution is 0.581. The standard InChI is InChI=1S/C13H14N4O2S/c1-17-9-7-12(16-17)6-8-15-20(18,19)13-4-2-11(10-14)3-5-13/h2-5,7,9,15H,6,8H2,1H3. The number of aromatic nitrogens is 2. The van der Waals surface area contributed by atoms with Gasteiger partial charge in [-0.25, -0.2) is 13.1 Å². The molecule has 0 amide bonds. The molecule has 0 aliphatic carbocycles. The molecule has 1 aromatic heterocycles. The predicted octanol–water partition coefficient (Wildman–Crippen LogP) is 0.813. The molecular formula is C13H14N4O2S. The Labute approximate surface area is 117 Å². The van der Waals surface area contributed by atoms with Crippen LogP contribution in [0, 0.1) is 11.3 Å². The number of hydrogen-bond acceptors (Lipinski definition) is 4. The van der Waals surface area contributed by atoms with E-state index in [-0.39, 0.29) is 11.4 Å². The molecule has 0 fully saturated rings. The van der Waals surface area contributed by atoms with Crippen molar-refractivity contribution in [3.8, 4) is 6.07 Å². The average molecular weight is 290 g/mol. The highest BCUT2D eigenvalue weighted by atomic mass is 32.2. The van der Waals surface area contributed by atoms with Crippen LogP contribution in [0.3, 0.4) is 0 Å². The molecule has 2 aromatic rings. The minimum absolute atomic E-state index is 0.150. The molecule has 7 heteroatoms. The number of hydrogen-bond donors (Lipinski definition) is 1. The number of nitrogens with one attached hydrogen (secondary N) is 1. The van der Waals surface area contributed by atoms with E-state index in [4.69, 9.17) is 5.26 Å². The summed E-state index contributed by atoms with van der Waals surface area (Å²) in [7, 11) is -1.73. The lowest BCUT2D eigenvalue weighted by Crippen LogP contribution is -2.26. The minimum Gasteiger partial charge on any atom is -0.276 e. The van der Waals surface area contributed by atoms with Crippen molar-refractivity contribution in [1.82, 2.24) is 14.5 Å². The summed E-state index contributed by atoms with van der Waals surface area (Å²) in [5.41, 5.74) is 1.26. The van der Waals surface area contributed by atoms with Gasteiger partial charge in [0.25, 0.3) is 0 Å². The highest BCUT2D eigenvalue weighted by Crippen LogP contribution is 2.09. The zero-order valence-corrected chi connectivity index (χ0v) is 11.8. The fourth-order valence-electron chi connectivity index (χ4n) is 1.70. The van der Waals surface area contributed by atoms with E-state index < -0.39 is 10.0 Å². The molecular weight excluding hydrogens is 276 g/mol. The van der Waals surface area contributed by atoms with Crippen LogP contribution < -0.4 is 4.72 Å². The molecule has 1 N–H and O–H groups in total. The maximum Gasteiger partial charge on any atom is 0.240 e. The van der Waals surface area contributed by atoms with Crippen molar-refractivity contribution in [2.45, 2.75) is 11.3 Å². The van der Waals surface area contributed by atoms with Crippen molar-refractivity contribution in [2.75, 3.05) is 6.54 Å². The van der Waals surface area contributed by atoms with Gasteiger partial charge in [0.15, 0.2) is 0 Å². The van der Waals surface area contributed by atoms with Gasteiger partial charge in [0.1, 0.15) is 0 Å². The monoisotopic (exact) mass is 290 g/mol. The molecule has 0 atom stereocenters. The molecule has 104 valence electrons. The van der Waals surface area contributed by atoms with Crippen molar-refractivity contribution in [3.05, 3.63) is 47.8 Å². The maximum atomic E-state index is 12.0. The first-order valence-corrected chi connectivity index (χ1v) is 7.48. The Morgan fingerprint density at radius 1 is 1.30 bits per heavy atom. The minimum atomic E-state index is -3.54. The molecule has 0 bridgehead atoms. The molecule has 6 nitrogen and oxygen atoms in total. The number of aryl methyl sites for hydroxylation is 1. The van der Waals surface area contributed by atoms with E-state index in [9.17, 15) is 8.42 Å². The summed E-state index contributed by atoms with van der Waals surface area (Å²) >= 11 is 0. The van der Waals surface area contributed by atoms with Gasteiger partial charge in [0, 0.05) is 26.2 Å². The van der Waals surface area contributed by atoms with Crippen LogP contribution in [0.25, 0.3) is 0 Å². The quantitative estimate of drug-likeness (QED) is 0.882. The summed E-state index contributed by atoms with van der Waals surface area (Å²) in [4.78, 5) is 0.150. The van der Waals surface area contributed by atoms with Crippen LogP contribution in [-0.4, -0.2) is 24.7 Å². The van der Waals surface area contributed by atoms with Crippen LogP contribution in [-0.2, 0) is 23.5 Å². The SMILES string of the molecule is Cn1ccc(CCNS(=O)(=O)c2ccc(C#N)cc2)n1. The van der Waals surface area contributed by atoms with Gasteiger partial charge < -0.3 is 0 Å². The van der Waals surface area contributed by atoms with Gasteiger partial charge in [-0.15, -0.1) is 0 Å². The molecule has 1 aromatic carbocycles. The summed E-state index contributed by atoms with van der Waals surface area (Å²) in [6.07, 6.45) is 2.33. The van der Waals surface area contributed by atoms with Gasteiger partial charge in [-0.1, -0.05) is 0 Å². The fourth-order valence-corrected chi connectivity index (χ4v) is 2.73. The highest BCUT2D eigenvalue weighted by Gasteiger charge is 2.13. The van der Waals surface area contributed by atoms with Crippen LogP contribution in [0.1, 0.15) is 11.3 Å². The Balaban J connectivity index is 1.98. The molecule has 0 spiro atoms. The number of rotatable bonds is 5. The smallest absolute Gasteiger partial charge is 0.240 e. The summed E-state index contributed by atoms with van der Waals surface area (Å²) in [5, 5.41) is 12.8. The van der Waals surface area contributed by atoms with E-state index in [2.05, 4.69) is 9.82 Å². The molecule has 20 heavy (non-hydrogen) atoms. The van der Waals surface area contributed by atoms with E-state index in [1.807, 2.05) is 25.4 Å². The van der Waals surface area contributed by atoms with E-state index in [1.54, 1.807) is 4.68 Å². The van der Waals surface area contributed by atoms with Gasteiger partial charge in [0.05, 0.1) is 22.2 Å². The molecule has 0 saturated carbocycles. The Hall–Kier alpha value is -2.17. The van der Waals surface area contributed by atoms with E-state index >= 15 is 0 Å². The highest BCUT2D eigenvalue weighted by molar-refractivity contribution is 7.89. The maximum absolute atomic E-state index is 12.0. The third-order valence-electron chi connectivity index (χ3n) is 2.74. The third-order valence-corrected chi connectivity index (χ3v) is 4.21. The van der Waals surface area contributed by atoms with E-state index in [1.165, 1.54) is 24.3 Å². The second kappa shape index (κ2) is 5.86. The summed E-state index contributed by atoms with van der Waals surface area (Å²) in [6, 6.07) is 9.59. The fraction of sp³-hybridized carbons (Fsp3) is 0.231. The third kappa shape index (κ3) is 3.44. The average Bonchev–Trinajstić information content (AvgIpc) is 2.84. The molecule has 0 unspecified atom stereocenters. The van der Waals surface area contributed by atoms with Crippen molar-refractivity contribution in [2.24, 2.45) is 7.05 Å².